The zero-order valence-electron chi connectivity index (χ0n) is 12.8. The molecule has 1 aromatic rings. The average molecular weight is 302 g/mol. The maximum atomic E-state index is 5.99. The number of aromatic nitrogens is 2. The molecule has 2 N–H and O–H groups in total. The molecule has 0 saturated carbocycles. The molecule has 0 amide bonds. The van der Waals surface area contributed by atoms with Crippen molar-refractivity contribution in [3.05, 3.63) is 12.4 Å². The highest BCUT2D eigenvalue weighted by Crippen LogP contribution is 2.36. The zero-order valence-corrected chi connectivity index (χ0v) is 13.6. The van der Waals surface area contributed by atoms with Gasteiger partial charge in [-0.3, -0.25) is 4.68 Å². The lowest BCUT2D eigenvalue weighted by molar-refractivity contribution is 0.00578. The fraction of sp³-hybridized carbons (Fsp3) is 0.769. The quantitative estimate of drug-likeness (QED) is 0.658. The van der Waals surface area contributed by atoms with Gasteiger partial charge in [-0.05, 0) is 47.1 Å². The number of unbranched alkanes of at least 4 members (excludes halogenated alkanes) is 1. The van der Waals surface area contributed by atoms with Crippen LogP contribution >= 0.6 is 12.4 Å². The minimum Gasteiger partial charge on any atom is -0.399 e. The first kappa shape index (κ1) is 17.5. The van der Waals surface area contributed by atoms with Crippen LogP contribution in [0.5, 0.6) is 0 Å². The summed E-state index contributed by atoms with van der Waals surface area (Å²) in [5.74, 6) is 0. The van der Waals surface area contributed by atoms with Gasteiger partial charge in [0.2, 0.25) is 0 Å². The van der Waals surface area contributed by atoms with Crippen LogP contribution in [0, 0.1) is 0 Å². The summed E-state index contributed by atoms with van der Waals surface area (Å²) >= 11 is 0. The molecule has 20 heavy (non-hydrogen) atoms. The van der Waals surface area contributed by atoms with E-state index in [-0.39, 0.29) is 30.7 Å². The van der Waals surface area contributed by atoms with Crippen molar-refractivity contribution in [2.75, 3.05) is 6.54 Å². The second-order valence-corrected chi connectivity index (χ2v) is 6.12. The first-order valence-electron chi connectivity index (χ1n) is 6.94. The summed E-state index contributed by atoms with van der Waals surface area (Å²) in [5.41, 5.74) is 5.85. The Morgan fingerprint density at radius 1 is 1.20 bits per heavy atom. The molecule has 5 nitrogen and oxygen atoms in total. The largest absolute Gasteiger partial charge is 0.498 e. The molecule has 1 aromatic heterocycles. The Morgan fingerprint density at radius 2 is 1.80 bits per heavy atom. The molecular weight excluding hydrogens is 276 g/mol. The Labute approximate surface area is 127 Å². The van der Waals surface area contributed by atoms with Gasteiger partial charge in [-0.15, -0.1) is 12.4 Å². The van der Waals surface area contributed by atoms with Gasteiger partial charge in [-0.25, -0.2) is 0 Å². The molecule has 1 aliphatic heterocycles. The van der Waals surface area contributed by atoms with E-state index in [4.69, 9.17) is 15.0 Å². The van der Waals surface area contributed by atoms with Crippen molar-refractivity contribution < 1.29 is 9.31 Å². The molecule has 2 rings (SSSR count). The summed E-state index contributed by atoms with van der Waals surface area (Å²) < 4.78 is 13.9. The molecule has 0 aromatic carbocycles. The lowest BCUT2D eigenvalue weighted by Crippen LogP contribution is -2.41. The molecule has 0 unspecified atom stereocenters. The Morgan fingerprint density at radius 3 is 2.35 bits per heavy atom. The van der Waals surface area contributed by atoms with E-state index in [1.54, 1.807) is 0 Å². The van der Waals surface area contributed by atoms with Crippen LogP contribution in [0.3, 0.4) is 0 Å². The van der Waals surface area contributed by atoms with Crippen molar-refractivity contribution in [2.45, 2.75) is 58.3 Å². The van der Waals surface area contributed by atoms with Crippen LogP contribution in [0.4, 0.5) is 0 Å². The number of halogens is 1. The Bertz CT molecular complexity index is 421. The van der Waals surface area contributed by atoms with Gasteiger partial charge in [-0.1, -0.05) is 0 Å². The van der Waals surface area contributed by atoms with Crippen LogP contribution in [-0.2, 0) is 15.9 Å². The summed E-state index contributed by atoms with van der Waals surface area (Å²) in [6.45, 7) is 9.83. The Hall–Kier alpha value is -0.555. The SMILES string of the molecule is CC1(C)OB(c2cnn(CCCCN)c2)OC1(C)C.Cl. The van der Waals surface area contributed by atoms with Crippen LogP contribution in [0.25, 0.3) is 0 Å². The van der Waals surface area contributed by atoms with Crippen molar-refractivity contribution >= 4 is 25.0 Å². The van der Waals surface area contributed by atoms with E-state index in [1.165, 1.54) is 0 Å². The van der Waals surface area contributed by atoms with Crippen LogP contribution in [-0.4, -0.2) is 34.6 Å². The third kappa shape index (κ3) is 3.55. The van der Waals surface area contributed by atoms with Gasteiger partial charge in [0.25, 0.3) is 0 Å². The molecule has 0 spiro atoms. The minimum absolute atomic E-state index is 0. The second kappa shape index (κ2) is 6.47. The molecule has 0 atom stereocenters. The topological polar surface area (TPSA) is 62.3 Å². The average Bonchev–Trinajstić information content (AvgIpc) is 2.83. The van der Waals surface area contributed by atoms with Crippen LogP contribution in [0.1, 0.15) is 40.5 Å². The van der Waals surface area contributed by atoms with Crippen molar-refractivity contribution in [1.82, 2.24) is 9.78 Å². The zero-order chi connectivity index (χ0) is 14.1. The van der Waals surface area contributed by atoms with E-state index in [0.717, 1.165) is 31.4 Å². The molecule has 114 valence electrons. The Kier molecular flexibility index (Phi) is 5.66. The maximum absolute atomic E-state index is 5.99. The standard InChI is InChI=1S/C13H24BN3O2.ClH/c1-12(2)13(3,4)19-14(18-12)11-9-16-17(10-11)8-6-5-7-15;/h9-10H,5-8,15H2,1-4H3;1H. The third-order valence-corrected chi connectivity index (χ3v) is 4.02. The molecule has 1 aliphatic rings. The van der Waals surface area contributed by atoms with E-state index < -0.39 is 0 Å². The van der Waals surface area contributed by atoms with E-state index in [0.29, 0.717) is 0 Å². The van der Waals surface area contributed by atoms with Crippen molar-refractivity contribution in [2.24, 2.45) is 5.73 Å². The van der Waals surface area contributed by atoms with Crippen LogP contribution < -0.4 is 11.2 Å². The predicted octanol–water partition coefficient (Wildman–Crippen LogP) is 1.34. The molecular formula is C13H25BClN3O2. The lowest BCUT2D eigenvalue weighted by atomic mass is 9.82. The van der Waals surface area contributed by atoms with Crippen molar-refractivity contribution in [1.29, 1.82) is 0 Å². The highest BCUT2D eigenvalue weighted by Gasteiger charge is 2.52. The lowest BCUT2D eigenvalue weighted by Gasteiger charge is -2.32. The van der Waals surface area contributed by atoms with E-state index in [1.807, 2.05) is 17.1 Å². The van der Waals surface area contributed by atoms with Gasteiger partial charge in [-0.2, -0.15) is 5.10 Å². The number of nitrogens with zero attached hydrogens (tertiary/aromatic N) is 2. The highest BCUT2D eigenvalue weighted by atomic mass is 35.5. The molecule has 1 saturated heterocycles. The van der Waals surface area contributed by atoms with Crippen LogP contribution in [0.15, 0.2) is 12.4 Å². The van der Waals surface area contributed by atoms with E-state index >= 15 is 0 Å². The van der Waals surface area contributed by atoms with Gasteiger partial charge in [0.1, 0.15) is 0 Å². The predicted molar refractivity (Wildman–Crippen MR) is 83.5 cm³/mol. The Balaban J connectivity index is 0.00000200. The molecule has 1 fully saturated rings. The highest BCUT2D eigenvalue weighted by molar-refractivity contribution is 6.61. The fourth-order valence-corrected chi connectivity index (χ4v) is 2.02. The number of nitrogens with two attached hydrogens (primary N) is 1. The minimum atomic E-state index is -0.326. The van der Waals surface area contributed by atoms with Gasteiger partial charge in [0, 0.05) is 24.4 Å². The first-order valence-corrected chi connectivity index (χ1v) is 6.94. The van der Waals surface area contributed by atoms with Gasteiger partial charge < -0.3 is 15.0 Å². The number of aryl methyl sites for hydroxylation is 1. The molecule has 0 radical (unpaired) electrons. The van der Waals surface area contributed by atoms with Crippen molar-refractivity contribution in [3.8, 4) is 0 Å². The molecule has 2 heterocycles. The summed E-state index contributed by atoms with van der Waals surface area (Å²) in [6, 6.07) is 0. The third-order valence-electron chi connectivity index (χ3n) is 4.02. The summed E-state index contributed by atoms with van der Waals surface area (Å²) in [5, 5.41) is 4.34. The van der Waals surface area contributed by atoms with E-state index in [9.17, 15) is 0 Å². The van der Waals surface area contributed by atoms with Gasteiger partial charge >= 0.3 is 7.12 Å². The summed E-state index contributed by atoms with van der Waals surface area (Å²) in [6.07, 6.45) is 5.88. The smallest absolute Gasteiger partial charge is 0.399 e. The normalized spacial score (nSPS) is 19.9. The number of hydrogen-bond donors (Lipinski definition) is 1. The maximum Gasteiger partial charge on any atom is 0.498 e. The number of rotatable bonds is 5. The second-order valence-electron chi connectivity index (χ2n) is 6.12. The first-order chi connectivity index (χ1) is 8.86. The summed E-state index contributed by atoms with van der Waals surface area (Å²) in [4.78, 5) is 0. The fourth-order valence-electron chi connectivity index (χ4n) is 2.02. The van der Waals surface area contributed by atoms with E-state index in [2.05, 4.69) is 32.8 Å². The monoisotopic (exact) mass is 301 g/mol. The molecule has 0 bridgehead atoms. The summed E-state index contributed by atoms with van der Waals surface area (Å²) in [7, 11) is -0.326. The molecule has 7 heteroatoms. The molecule has 0 aliphatic carbocycles. The number of hydrogen-bond acceptors (Lipinski definition) is 4. The van der Waals surface area contributed by atoms with Crippen LogP contribution in [0.2, 0.25) is 0 Å². The van der Waals surface area contributed by atoms with Gasteiger partial charge in [0.05, 0.1) is 11.2 Å². The van der Waals surface area contributed by atoms with Gasteiger partial charge in [0.15, 0.2) is 0 Å². The van der Waals surface area contributed by atoms with Crippen molar-refractivity contribution in [3.63, 3.8) is 0 Å².